The quantitative estimate of drug-likeness (QED) is 0.574. The van der Waals surface area contributed by atoms with Gasteiger partial charge in [0.25, 0.3) is 17.7 Å². The van der Waals surface area contributed by atoms with E-state index >= 15 is 0 Å². The van der Waals surface area contributed by atoms with Gasteiger partial charge in [0.1, 0.15) is 5.75 Å². The van der Waals surface area contributed by atoms with E-state index in [1.54, 1.807) is 47.4 Å². The molecule has 0 atom stereocenters. The van der Waals surface area contributed by atoms with Crippen LogP contribution in [0.25, 0.3) is 0 Å². The molecule has 4 amide bonds. The van der Waals surface area contributed by atoms with E-state index in [1.807, 2.05) is 6.92 Å². The van der Waals surface area contributed by atoms with Crippen molar-refractivity contribution >= 4 is 35.0 Å². The summed E-state index contributed by atoms with van der Waals surface area (Å²) in [5.74, 6) is -0.790. The zero-order valence-electron chi connectivity index (χ0n) is 17.0. The van der Waals surface area contributed by atoms with Crippen molar-refractivity contribution in [3.63, 3.8) is 0 Å². The molecule has 0 saturated carbocycles. The van der Waals surface area contributed by atoms with Crippen molar-refractivity contribution in [3.8, 4) is 5.75 Å². The van der Waals surface area contributed by atoms with Gasteiger partial charge in [0, 0.05) is 25.2 Å². The molecule has 2 aliphatic heterocycles. The highest BCUT2D eigenvalue weighted by Gasteiger charge is 2.35. The van der Waals surface area contributed by atoms with Gasteiger partial charge in [-0.3, -0.25) is 24.1 Å². The first-order valence-corrected chi connectivity index (χ1v) is 9.82. The Morgan fingerprint density at radius 1 is 1.06 bits per heavy atom. The maximum absolute atomic E-state index is 12.5. The lowest BCUT2D eigenvalue weighted by Crippen LogP contribution is -2.39. The van der Waals surface area contributed by atoms with Gasteiger partial charge in [-0.15, -0.1) is 0 Å². The van der Waals surface area contributed by atoms with Crippen LogP contribution >= 0.6 is 0 Å². The molecule has 0 radical (unpaired) electrons. The maximum atomic E-state index is 12.5. The Bertz CT molecular complexity index is 1090. The van der Waals surface area contributed by atoms with E-state index in [2.05, 4.69) is 11.9 Å². The second kappa shape index (κ2) is 8.06. The van der Waals surface area contributed by atoms with E-state index in [0.717, 1.165) is 10.5 Å². The van der Waals surface area contributed by atoms with Crippen LogP contribution in [-0.4, -0.2) is 48.2 Å². The van der Waals surface area contributed by atoms with E-state index in [-0.39, 0.29) is 31.4 Å². The zero-order valence-corrected chi connectivity index (χ0v) is 17.0. The van der Waals surface area contributed by atoms with Gasteiger partial charge >= 0.3 is 0 Å². The van der Waals surface area contributed by atoms with Crippen LogP contribution < -0.4 is 15.0 Å². The minimum Gasteiger partial charge on any atom is -0.482 e. The van der Waals surface area contributed by atoms with Gasteiger partial charge in [-0.25, -0.2) is 0 Å². The Labute approximate surface area is 179 Å². The van der Waals surface area contributed by atoms with Gasteiger partial charge in [-0.2, -0.15) is 0 Å². The molecule has 0 spiro atoms. The number of imide groups is 1. The number of carbonyl (C=O) groups is 4. The lowest BCUT2D eigenvalue weighted by Gasteiger charge is -2.30. The average molecular weight is 419 g/mol. The molecule has 0 fully saturated rings. The van der Waals surface area contributed by atoms with E-state index in [0.29, 0.717) is 34.8 Å². The van der Waals surface area contributed by atoms with Gasteiger partial charge in [-0.1, -0.05) is 24.3 Å². The summed E-state index contributed by atoms with van der Waals surface area (Å²) >= 11 is 0. The molecule has 2 aromatic carbocycles. The van der Waals surface area contributed by atoms with Crippen LogP contribution in [0.2, 0.25) is 0 Å². The second-order valence-corrected chi connectivity index (χ2v) is 7.51. The number of fused-ring (bicyclic) bond motifs is 2. The number of amides is 4. The second-order valence-electron chi connectivity index (χ2n) is 7.51. The largest absolute Gasteiger partial charge is 0.482 e. The molecule has 0 aliphatic carbocycles. The third-order valence-electron chi connectivity index (χ3n) is 5.05. The van der Waals surface area contributed by atoms with Crippen LogP contribution in [0.4, 0.5) is 11.4 Å². The highest BCUT2D eigenvalue weighted by molar-refractivity contribution is 6.21. The minimum atomic E-state index is -0.395. The summed E-state index contributed by atoms with van der Waals surface area (Å²) in [4.78, 5) is 52.2. The molecular formula is C23H21N3O5. The Kier molecular flexibility index (Phi) is 5.29. The van der Waals surface area contributed by atoms with Crippen LogP contribution in [0.5, 0.6) is 5.75 Å². The number of carbonyl (C=O) groups excluding carboxylic acids is 4. The van der Waals surface area contributed by atoms with Gasteiger partial charge in [-0.05, 0) is 37.3 Å². The predicted octanol–water partition coefficient (Wildman–Crippen LogP) is 2.61. The van der Waals surface area contributed by atoms with Gasteiger partial charge in [0.15, 0.2) is 6.61 Å². The summed E-state index contributed by atoms with van der Waals surface area (Å²) in [6, 6.07) is 11.6. The first kappa shape index (κ1) is 20.3. The summed E-state index contributed by atoms with van der Waals surface area (Å²) in [6.07, 6.45) is -0.0482. The summed E-state index contributed by atoms with van der Waals surface area (Å²) in [7, 11) is 0. The van der Waals surface area contributed by atoms with Crippen molar-refractivity contribution < 1.29 is 23.9 Å². The highest BCUT2D eigenvalue weighted by Crippen LogP contribution is 2.35. The number of anilines is 2. The standard InChI is InChI=1S/C23H21N3O5/c1-14(2)12-26-18-11-15(7-8-19(18)31-13-21(26)28)24-20(27)9-10-25-22(29)16-5-3-4-6-17(16)23(25)30/h3-8,11H,1,9-10,12-13H2,2H3,(H,24,27). The molecule has 1 N–H and O–H groups in total. The summed E-state index contributed by atoms with van der Waals surface area (Å²) < 4.78 is 5.46. The van der Waals surface area contributed by atoms with Gasteiger partial charge < -0.3 is 15.0 Å². The van der Waals surface area contributed by atoms with Crippen LogP contribution in [0.1, 0.15) is 34.1 Å². The fourth-order valence-electron chi connectivity index (χ4n) is 3.60. The lowest BCUT2D eigenvalue weighted by atomic mass is 10.1. The molecule has 2 heterocycles. The molecule has 0 aromatic heterocycles. The van der Waals surface area contributed by atoms with Crippen LogP contribution in [0.15, 0.2) is 54.6 Å². The van der Waals surface area contributed by atoms with Crippen molar-refractivity contribution in [2.24, 2.45) is 0 Å². The number of hydrogen-bond acceptors (Lipinski definition) is 5. The number of hydrogen-bond donors (Lipinski definition) is 1. The molecule has 0 saturated heterocycles. The van der Waals surface area contributed by atoms with E-state index in [4.69, 9.17) is 4.74 Å². The Morgan fingerprint density at radius 3 is 2.39 bits per heavy atom. The predicted molar refractivity (Wildman–Crippen MR) is 114 cm³/mol. The lowest BCUT2D eigenvalue weighted by molar-refractivity contribution is -0.121. The molecule has 8 nitrogen and oxygen atoms in total. The van der Waals surface area contributed by atoms with Crippen LogP contribution in [0.3, 0.4) is 0 Å². The van der Waals surface area contributed by atoms with Crippen molar-refractivity contribution in [2.45, 2.75) is 13.3 Å². The third-order valence-corrected chi connectivity index (χ3v) is 5.05. The Balaban J connectivity index is 1.42. The van der Waals surface area contributed by atoms with Gasteiger partial charge in [0.2, 0.25) is 5.91 Å². The molecule has 4 rings (SSSR count). The smallest absolute Gasteiger partial charge is 0.265 e. The number of nitrogens with one attached hydrogen (secondary N) is 1. The van der Waals surface area contributed by atoms with Crippen LogP contribution in [-0.2, 0) is 9.59 Å². The van der Waals surface area contributed by atoms with E-state index in [1.165, 1.54) is 0 Å². The van der Waals surface area contributed by atoms with E-state index in [9.17, 15) is 19.2 Å². The number of nitrogens with zero attached hydrogens (tertiary/aromatic N) is 2. The molecule has 158 valence electrons. The third kappa shape index (κ3) is 3.92. The molecule has 2 aliphatic rings. The topological polar surface area (TPSA) is 96.0 Å². The molecule has 31 heavy (non-hydrogen) atoms. The van der Waals surface area contributed by atoms with E-state index < -0.39 is 11.8 Å². The highest BCUT2D eigenvalue weighted by atomic mass is 16.5. The average Bonchev–Trinajstić information content (AvgIpc) is 2.99. The first-order valence-electron chi connectivity index (χ1n) is 9.82. The SMILES string of the molecule is C=C(C)CN1C(=O)COc2ccc(NC(=O)CCN3C(=O)c4ccccc4C3=O)cc21. The number of benzene rings is 2. The monoisotopic (exact) mass is 419 g/mol. The Hall–Kier alpha value is -3.94. The fraction of sp³-hybridized carbons (Fsp3) is 0.217. The normalized spacial score (nSPS) is 14.8. The summed E-state index contributed by atoms with van der Waals surface area (Å²) in [5, 5.41) is 2.75. The number of rotatable bonds is 6. The van der Waals surface area contributed by atoms with Crippen molar-refractivity contribution in [1.29, 1.82) is 0 Å². The van der Waals surface area contributed by atoms with Crippen LogP contribution in [0, 0.1) is 0 Å². The first-order chi connectivity index (χ1) is 14.8. The molecular weight excluding hydrogens is 398 g/mol. The van der Waals surface area contributed by atoms with Crippen molar-refractivity contribution in [3.05, 3.63) is 65.7 Å². The molecule has 0 bridgehead atoms. The summed E-state index contributed by atoms with van der Waals surface area (Å²) in [6.45, 7) is 5.96. The zero-order chi connectivity index (χ0) is 22.1. The summed E-state index contributed by atoms with van der Waals surface area (Å²) in [5.41, 5.74) is 2.56. The molecule has 8 heteroatoms. The van der Waals surface area contributed by atoms with Crippen molar-refractivity contribution in [2.75, 3.05) is 29.9 Å². The fourth-order valence-corrected chi connectivity index (χ4v) is 3.60. The minimum absolute atomic E-state index is 0.0213. The molecule has 2 aromatic rings. The number of ether oxygens (including phenoxy) is 1. The van der Waals surface area contributed by atoms with Crippen molar-refractivity contribution in [1.82, 2.24) is 4.90 Å². The van der Waals surface area contributed by atoms with Gasteiger partial charge in [0.05, 0.1) is 16.8 Å². The Morgan fingerprint density at radius 2 is 1.74 bits per heavy atom. The molecule has 0 unspecified atom stereocenters. The maximum Gasteiger partial charge on any atom is 0.265 e.